The maximum atomic E-state index is 14.8. The number of halogens is 1. The van der Waals surface area contributed by atoms with Crippen molar-refractivity contribution in [3.63, 3.8) is 0 Å². The molecule has 1 spiro atoms. The number of aliphatic hydroxyl groups is 1. The fourth-order valence-electron chi connectivity index (χ4n) is 7.29. The molecular formula is C34H48BrN3O5S. The molecule has 44 heavy (non-hydrogen) atoms. The first-order valence-electron chi connectivity index (χ1n) is 15.6. The molecule has 3 heterocycles. The minimum Gasteiger partial charge on any atom is -0.494 e. The lowest BCUT2D eigenvalue weighted by Gasteiger charge is -2.44. The molecule has 0 aromatic heterocycles. The van der Waals surface area contributed by atoms with Crippen LogP contribution in [-0.4, -0.2) is 91.4 Å². The van der Waals surface area contributed by atoms with Crippen LogP contribution in [0.4, 0.5) is 5.69 Å². The number of aliphatic hydroxyl groups excluding tert-OH is 1. The van der Waals surface area contributed by atoms with Crippen molar-refractivity contribution in [1.82, 2.24) is 9.80 Å². The standard InChI is InChI=1S/C34H48BrN3O5S/c1-9-17-36(22-13-15-23(16-14-22)43-12-4)30(40)26-27-31(41)38(25(20-39)21(5)11-3)29(34(27)19-24(35)28(26)44-34)32(42)37(18-10-2)33(6,7)8/h9-10,13-16,21,24-29,39H,1-2,11-12,17-20H2,3-8H3/t21-,24?,25-,26-,27-,28-,29?,34?/m0/s1. The van der Waals surface area contributed by atoms with Gasteiger partial charge in [-0.15, -0.1) is 24.9 Å². The van der Waals surface area contributed by atoms with Gasteiger partial charge in [0.25, 0.3) is 0 Å². The maximum absolute atomic E-state index is 14.8. The molecule has 8 atom stereocenters. The number of alkyl halides is 1. The van der Waals surface area contributed by atoms with Gasteiger partial charge in [0, 0.05) is 34.4 Å². The van der Waals surface area contributed by atoms with E-state index in [9.17, 15) is 19.5 Å². The molecule has 3 aliphatic rings. The first-order chi connectivity index (χ1) is 20.8. The van der Waals surface area contributed by atoms with E-state index in [0.717, 1.165) is 6.42 Å². The Morgan fingerprint density at radius 1 is 1.18 bits per heavy atom. The highest BCUT2D eigenvalue weighted by molar-refractivity contribution is 9.09. The minimum absolute atomic E-state index is 0.0470. The van der Waals surface area contributed by atoms with Crippen molar-refractivity contribution in [2.75, 3.05) is 31.2 Å². The Labute approximate surface area is 275 Å². The summed E-state index contributed by atoms with van der Waals surface area (Å²) in [7, 11) is 0. The Hall–Kier alpha value is -2.30. The van der Waals surface area contributed by atoms with Crippen molar-refractivity contribution in [1.29, 1.82) is 0 Å². The van der Waals surface area contributed by atoms with Gasteiger partial charge in [0.15, 0.2) is 0 Å². The zero-order valence-electron chi connectivity index (χ0n) is 26.9. The third kappa shape index (κ3) is 5.86. The van der Waals surface area contributed by atoms with Gasteiger partial charge in [0.2, 0.25) is 17.7 Å². The lowest BCUT2D eigenvalue weighted by atomic mass is 9.70. The smallest absolute Gasteiger partial charge is 0.247 e. The van der Waals surface area contributed by atoms with Crippen LogP contribution in [0.15, 0.2) is 49.6 Å². The number of ether oxygens (including phenoxy) is 1. The SMILES string of the molecule is C=CCN(C(=O)[C@H]1[C@H]2C(=O)N([C@@H](CO)[C@@H](C)CC)C(C(=O)N(CC=C)C(C)(C)C)C23CC(Br)[C@@H]1S3)c1ccc(OCC)cc1. The van der Waals surface area contributed by atoms with Crippen molar-refractivity contribution in [2.45, 2.75) is 86.8 Å². The molecule has 1 aromatic rings. The summed E-state index contributed by atoms with van der Waals surface area (Å²) in [5.41, 5.74) is 0.164. The van der Waals surface area contributed by atoms with Crippen LogP contribution in [0.25, 0.3) is 0 Å². The molecule has 0 aliphatic carbocycles. The highest BCUT2D eigenvalue weighted by Crippen LogP contribution is 2.68. The number of anilines is 1. The summed E-state index contributed by atoms with van der Waals surface area (Å²) in [4.78, 5) is 49.3. The quantitative estimate of drug-likeness (QED) is 0.224. The Bertz CT molecular complexity index is 1250. The molecule has 8 nitrogen and oxygen atoms in total. The van der Waals surface area contributed by atoms with Crippen LogP contribution in [0.5, 0.6) is 5.75 Å². The molecule has 3 fully saturated rings. The number of hydrogen-bond acceptors (Lipinski definition) is 6. The molecule has 4 rings (SSSR count). The molecule has 2 bridgehead atoms. The van der Waals surface area contributed by atoms with Crippen molar-refractivity contribution >= 4 is 51.1 Å². The molecule has 10 heteroatoms. The molecule has 3 unspecified atom stereocenters. The molecule has 3 saturated heterocycles. The van der Waals surface area contributed by atoms with E-state index >= 15 is 0 Å². The molecule has 1 N–H and O–H groups in total. The first kappa shape index (κ1) is 34.6. The van der Waals surface area contributed by atoms with Crippen LogP contribution in [0.3, 0.4) is 0 Å². The van der Waals surface area contributed by atoms with Crippen molar-refractivity contribution in [3.8, 4) is 5.75 Å². The number of hydrogen-bond donors (Lipinski definition) is 1. The lowest BCUT2D eigenvalue weighted by Crippen LogP contribution is -2.61. The average molecular weight is 691 g/mol. The number of carbonyl (C=O) groups is 3. The second-order valence-electron chi connectivity index (χ2n) is 13.1. The van der Waals surface area contributed by atoms with Crippen molar-refractivity contribution in [3.05, 3.63) is 49.6 Å². The number of nitrogens with zero attached hydrogens (tertiary/aromatic N) is 3. The Morgan fingerprint density at radius 2 is 1.82 bits per heavy atom. The summed E-state index contributed by atoms with van der Waals surface area (Å²) < 4.78 is 4.79. The molecule has 0 radical (unpaired) electrons. The van der Waals surface area contributed by atoms with Gasteiger partial charge in [-0.05, 0) is 64.3 Å². The van der Waals surface area contributed by atoms with Gasteiger partial charge in [-0.25, -0.2) is 0 Å². The first-order valence-corrected chi connectivity index (χ1v) is 17.4. The summed E-state index contributed by atoms with van der Waals surface area (Å²) >= 11 is 5.49. The van der Waals surface area contributed by atoms with Gasteiger partial charge in [0.1, 0.15) is 11.8 Å². The van der Waals surface area contributed by atoms with Gasteiger partial charge in [-0.2, -0.15) is 0 Å². The second kappa shape index (κ2) is 13.6. The predicted molar refractivity (Wildman–Crippen MR) is 181 cm³/mol. The molecule has 3 amide bonds. The second-order valence-corrected chi connectivity index (χ2v) is 15.8. The van der Waals surface area contributed by atoms with E-state index < -0.39 is 34.2 Å². The average Bonchev–Trinajstić information content (AvgIpc) is 3.58. The van der Waals surface area contributed by atoms with E-state index in [4.69, 9.17) is 4.74 Å². The normalized spacial score (nSPS) is 28.8. The maximum Gasteiger partial charge on any atom is 0.247 e. The summed E-state index contributed by atoms with van der Waals surface area (Å²) in [6, 6.07) is 6.00. The Balaban J connectivity index is 1.84. The lowest BCUT2D eigenvalue weighted by molar-refractivity contribution is -0.149. The third-order valence-corrected chi connectivity index (χ3v) is 12.7. The van der Waals surface area contributed by atoms with Gasteiger partial charge in [-0.3, -0.25) is 14.4 Å². The number of likely N-dealkylation sites (tertiary alicyclic amines) is 1. The summed E-state index contributed by atoms with van der Waals surface area (Å²) in [5.74, 6) is -1.23. The van der Waals surface area contributed by atoms with E-state index in [1.54, 1.807) is 38.6 Å². The van der Waals surface area contributed by atoms with E-state index in [0.29, 0.717) is 31.0 Å². The molecular weight excluding hydrogens is 642 g/mol. The zero-order valence-corrected chi connectivity index (χ0v) is 29.3. The fourth-order valence-corrected chi connectivity index (χ4v) is 10.9. The number of rotatable bonds is 13. The Kier molecular flexibility index (Phi) is 10.7. The number of fused-ring (bicyclic) bond motifs is 1. The van der Waals surface area contributed by atoms with E-state index in [-0.39, 0.29) is 46.9 Å². The van der Waals surface area contributed by atoms with Crippen molar-refractivity contribution in [2.24, 2.45) is 17.8 Å². The van der Waals surface area contributed by atoms with Crippen LogP contribution < -0.4 is 9.64 Å². The number of thioether (sulfide) groups is 1. The number of benzene rings is 1. The highest BCUT2D eigenvalue weighted by atomic mass is 79.9. The third-order valence-electron chi connectivity index (χ3n) is 9.52. The number of amides is 3. The zero-order chi connectivity index (χ0) is 32.6. The molecule has 0 saturated carbocycles. The van der Waals surface area contributed by atoms with Gasteiger partial charge in [0.05, 0.1) is 35.8 Å². The summed E-state index contributed by atoms with van der Waals surface area (Å²) in [6.07, 6.45) is 4.70. The van der Waals surface area contributed by atoms with Crippen molar-refractivity contribution < 1.29 is 24.2 Å². The van der Waals surface area contributed by atoms with Gasteiger partial charge in [-0.1, -0.05) is 48.4 Å². The molecule has 242 valence electrons. The number of carbonyl (C=O) groups excluding carboxylic acids is 3. The Morgan fingerprint density at radius 3 is 2.34 bits per heavy atom. The summed E-state index contributed by atoms with van der Waals surface area (Å²) in [5, 5.41) is 10.5. The van der Waals surface area contributed by atoms with Crippen LogP contribution in [-0.2, 0) is 14.4 Å². The van der Waals surface area contributed by atoms with E-state index in [1.807, 2.05) is 65.8 Å². The molecule has 1 aromatic carbocycles. The van der Waals surface area contributed by atoms with E-state index in [1.165, 1.54) is 0 Å². The van der Waals surface area contributed by atoms with E-state index in [2.05, 4.69) is 29.1 Å². The summed E-state index contributed by atoms with van der Waals surface area (Å²) in [6.45, 7) is 20.6. The van der Waals surface area contributed by atoms with Crippen LogP contribution in [0.1, 0.15) is 54.4 Å². The fraction of sp³-hybridized carbons (Fsp3) is 0.618. The monoisotopic (exact) mass is 689 g/mol. The molecule has 3 aliphatic heterocycles. The highest BCUT2D eigenvalue weighted by Gasteiger charge is 2.77. The van der Waals surface area contributed by atoms with Gasteiger partial charge < -0.3 is 24.5 Å². The predicted octanol–water partition coefficient (Wildman–Crippen LogP) is 5.29. The van der Waals surface area contributed by atoms with Crippen LogP contribution >= 0.6 is 27.7 Å². The van der Waals surface area contributed by atoms with Crippen LogP contribution in [0.2, 0.25) is 0 Å². The topological polar surface area (TPSA) is 90.4 Å². The minimum atomic E-state index is -0.823. The largest absolute Gasteiger partial charge is 0.494 e. The van der Waals surface area contributed by atoms with Crippen LogP contribution in [0, 0.1) is 17.8 Å². The van der Waals surface area contributed by atoms with Gasteiger partial charge >= 0.3 is 0 Å².